The molecule has 114 valence electrons. The van der Waals surface area contributed by atoms with Crippen LogP contribution in [0.25, 0.3) is 0 Å². The number of ether oxygens (including phenoxy) is 2. The van der Waals surface area contributed by atoms with Gasteiger partial charge in [-0.2, -0.15) is 5.26 Å². The summed E-state index contributed by atoms with van der Waals surface area (Å²) in [6.45, 7) is 7.68. The van der Waals surface area contributed by atoms with Crippen LogP contribution < -0.4 is 10.6 Å². The maximum absolute atomic E-state index is 11.7. The number of carbonyl (C=O) groups is 1. The summed E-state index contributed by atoms with van der Waals surface area (Å²) in [5.41, 5.74) is 0.0813. The summed E-state index contributed by atoms with van der Waals surface area (Å²) in [5.74, 6) is -0.360. The molecule has 0 rings (SSSR count). The normalized spacial score (nSPS) is 10.9. The summed E-state index contributed by atoms with van der Waals surface area (Å²) in [7, 11) is 0. The lowest BCUT2D eigenvalue weighted by Gasteiger charge is -2.05. The van der Waals surface area contributed by atoms with Gasteiger partial charge in [0.15, 0.2) is 0 Å². The van der Waals surface area contributed by atoms with Crippen molar-refractivity contribution in [2.24, 2.45) is 0 Å². The first-order chi connectivity index (χ1) is 9.76. The zero-order valence-corrected chi connectivity index (χ0v) is 12.4. The Bertz CT molecular complexity index is 324. The molecule has 0 aliphatic heterocycles. The third-order valence-electron chi connectivity index (χ3n) is 2.38. The van der Waals surface area contributed by atoms with Gasteiger partial charge in [-0.1, -0.05) is 0 Å². The van der Waals surface area contributed by atoms with E-state index in [1.165, 1.54) is 6.20 Å². The van der Waals surface area contributed by atoms with Gasteiger partial charge in [-0.25, -0.2) is 0 Å². The van der Waals surface area contributed by atoms with Gasteiger partial charge in [0.05, 0.1) is 0 Å². The Balaban J connectivity index is 3.81. The third-order valence-corrected chi connectivity index (χ3v) is 2.38. The van der Waals surface area contributed by atoms with Crippen LogP contribution in [0, 0.1) is 11.3 Å². The van der Waals surface area contributed by atoms with Crippen molar-refractivity contribution >= 4 is 5.91 Å². The van der Waals surface area contributed by atoms with Crippen LogP contribution in [0.3, 0.4) is 0 Å². The fraction of sp³-hybridized carbons (Fsp3) is 0.714. The molecule has 0 saturated heterocycles. The van der Waals surface area contributed by atoms with Gasteiger partial charge in [0.25, 0.3) is 5.91 Å². The van der Waals surface area contributed by atoms with Crippen molar-refractivity contribution in [3.63, 3.8) is 0 Å². The molecule has 0 saturated carbocycles. The summed E-state index contributed by atoms with van der Waals surface area (Å²) in [4.78, 5) is 11.7. The van der Waals surface area contributed by atoms with E-state index in [0.717, 1.165) is 12.8 Å². The van der Waals surface area contributed by atoms with E-state index in [2.05, 4.69) is 10.6 Å². The molecule has 20 heavy (non-hydrogen) atoms. The smallest absolute Gasteiger partial charge is 0.263 e. The van der Waals surface area contributed by atoms with Crippen LogP contribution in [0.2, 0.25) is 0 Å². The highest BCUT2D eigenvalue weighted by atomic mass is 16.5. The molecule has 0 atom stereocenters. The topological polar surface area (TPSA) is 83.4 Å². The molecular weight excluding hydrogens is 258 g/mol. The second kappa shape index (κ2) is 13.8. The van der Waals surface area contributed by atoms with E-state index in [1.807, 2.05) is 19.9 Å². The predicted molar refractivity (Wildman–Crippen MR) is 76.9 cm³/mol. The van der Waals surface area contributed by atoms with E-state index in [0.29, 0.717) is 39.5 Å². The molecule has 0 heterocycles. The van der Waals surface area contributed by atoms with Crippen molar-refractivity contribution in [2.75, 3.05) is 39.5 Å². The molecule has 0 radical (unpaired) electrons. The van der Waals surface area contributed by atoms with Crippen molar-refractivity contribution in [1.29, 1.82) is 5.26 Å². The number of hydrogen-bond donors (Lipinski definition) is 2. The summed E-state index contributed by atoms with van der Waals surface area (Å²) in [6.07, 6.45) is 3.02. The Morgan fingerprint density at radius 2 is 1.75 bits per heavy atom. The van der Waals surface area contributed by atoms with Crippen molar-refractivity contribution in [3.05, 3.63) is 11.8 Å². The van der Waals surface area contributed by atoms with Crippen LogP contribution in [0.4, 0.5) is 0 Å². The Morgan fingerprint density at radius 1 is 1.15 bits per heavy atom. The van der Waals surface area contributed by atoms with Gasteiger partial charge < -0.3 is 20.1 Å². The first kappa shape index (κ1) is 18.4. The molecule has 0 fully saturated rings. The first-order valence-corrected chi connectivity index (χ1v) is 7.03. The molecule has 0 aromatic heterocycles. The molecule has 0 aliphatic rings. The molecular formula is C14H25N3O3. The monoisotopic (exact) mass is 283 g/mol. The van der Waals surface area contributed by atoms with Gasteiger partial charge >= 0.3 is 0 Å². The fourth-order valence-electron chi connectivity index (χ4n) is 1.36. The lowest BCUT2D eigenvalue weighted by molar-refractivity contribution is -0.117. The van der Waals surface area contributed by atoms with Crippen LogP contribution in [-0.2, 0) is 14.3 Å². The Morgan fingerprint density at radius 3 is 2.30 bits per heavy atom. The Hall–Kier alpha value is -1.58. The quantitative estimate of drug-likeness (QED) is 0.316. The largest absolute Gasteiger partial charge is 0.390 e. The highest BCUT2D eigenvalue weighted by molar-refractivity contribution is 5.97. The van der Waals surface area contributed by atoms with Crippen LogP contribution in [0.5, 0.6) is 0 Å². The summed E-state index contributed by atoms with van der Waals surface area (Å²) < 4.78 is 10.3. The lowest BCUT2D eigenvalue weighted by Crippen LogP contribution is -2.27. The highest BCUT2D eigenvalue weighted by Gasteiger charge is 2.07. The Labute approximate surface area is 121 Å². The van der Waals surface area contributed by atoms with E-state index < -0.39 is 0 Å². The first-order valence-electron chi connectivity index (χ1n) is 7.03. The van der Waals surface area contributed by atoms with Crippen molar-refractivity contribution in [1.82, 2.24) is 10.6 Å². The molecule has 0 aliphatic carbocycles. The number of carbonyl (C=O) groups excluding carboxylic acids is 1. The van der Waals surface area contributed by atoms with Gasteiger partial charge in [0.1, 0.15) is 11.6 Å². The minimum absolute atomic E-state index is 0.0813. The molecule has 1 amide bonds. The predicted octanol–water partition coefficient (Wildman–Crippen LogP) is 0.953. The number of amides is 1. The second-order valence-corrected chi connectivity index (χ2v) is 3.98. The summed E-state index contributed by atoms with van der Waals surface area (Å²) in [6, 6.07) is 1.88. The molecule has 6 heteroatoms. The molecule has 0 unspecified atom stereocenters. The highest BCUT2D eigenvalue weighted by Crippen LogP contribution is 1.91. The maximum Gasteiger partial charge on any atom is 0.263 e. The zero-order valence-electron chi connectivity index (χ0n) is 12.4. The molecule has 0 spiro atoms. The van der Waals surface area contributed by atoms with Gasteiger partial charge in [-0.3, -0.25) is 4.79 Å². The lowest BCUT2D eigenvalue weighted by atomic mass is 10.3. The summed E-state index contributed by atoms with van der Waals surface area (Å²) >= 11 is 0. The minimum atomic E-state index is -0.360. The van der Waals surface area contributed by atoms with Crippen molar-refractivity contribution < 1.29 is 14.3 Å². The molecule has 6 nitrogen and oxygen atoms in total. The summed E-state index contributed by atoms with van der Waals surface area (Å²) in [5, 5.41) is 14.5. The van der Waals surface area contributed by atoms with Crippen LogP contribution in [0.1, 0.15) is 26.7 Å². The molecule has 0 aromatic rings. The Kier molecular flexibility index (Phi) is 12.7. The van der Waals surface area contributed by atoms with Crippen molar-refractivity contribution in [3.8, 4) is 6.07 Å². The third kappa shape index (κ3) is 10.4. The van der Waals surface area contributed by atoms with E-state index in [-0.39, 0.29) is 11.5 Å². The van der Waals surface area contributed by atoms with Gasteiger partial charge in [0.2, 0.25) is 0 Å². The average Bonchev–Trinajstić information content (AvgIpc) is 2.46. The van der Waals surface area contributed by atoms with Crippen LogP contribution >= 0.6 is 0 Å². The number of rotatable bonds is 12. The maximum atomic E-state index is 11.7. The van der Waals surface area contributed by atoms with E-state index in [1.54, 1.807) is 0 Å². The SMILES string of the molecule is CCOCCCN/C=C(/C#N)C(=O)NCCCOCC. The number of nitrogens with one attached hydrogen (secondary N) is 2. The fourth-order valence-corrected chi connectivity index (χ4v) is 1.36. The minimum Gasteiger partial charge on any atom is -0.390 e. The number of nitriles is 1. The van der Waals surface area contributed by atoms with Gasteiger partial charge in [-0.15, -0.1) is 0 Å². The molecule has 0 bridgehead atoms. The van der Waals surface area contributed by atoms with Crippen molar-refractivity contribution in [2.45, 2.75) is 26.7 Å². The zero-order chi connectivity index (χ0) is 15.1. The van der Waals surface area contributed by atoms with Gasteiger partial charge in [-0.05, 0) is 26.7 Å². The number of hydrogen-bond acceptors (Lipinski definition) is 5. The van der Waals surface area contributed by atoms with Gasteiger partial charge in [0, 0.05) is 45.7 Å². The van der Waals surface area contributed by atoms with E-state index >= 15 is 0 Å². The van der Waals surface area contributed by atoms with E-state index in [4.69, 9.17) is 14.7 Å². The number of nitrogens with zero attached hydrogens (tertiary/aromatic N) is 1. The van der Waals surface area contributed by atoms with Crippen LogP contribution in [0.15, 0.2) is 11.8 Å². The van der Waals surface area contributed by atoms with Crippen LogP contribution in [-0.4, -0.2) is 45.4 Å². The second-order valence-electron chi connectivity index (χ2n) is 3.98. The molecule has 2 N–H and O–H groups in total. The average molecular weight is 283 g/mol. The van der Waals surface area contributed by atoms with E-state index in [9.17, 15) is 4.79 Å². The standard InChI is InChI=1S/C14H25N3O3/c1-3-19-9-5-7-16-12-13(11-15)14(18)17-8-6-10-20-4-2/h12,16H,3-10H2,1-2H3,(H,17,18)/b13-12-. The molecule has 0 aromatic carbocycles.